The molecule has 0 unspecified atom stereocenters. The molecule has 26 heavy (non-hydrogen) atoms. The number of hydrogen-bond donors (Lipinski definition) is 1. The summed E-state index contributed by atoms with van der Waals surface area (Å²) in [6.45, 7) is 0.926. The lowest BCUT2D eigenvalue weighted by molar-refractivity contribution is -0.150. The highest BCUT2D eigenvalue weighted by atomic mass is 35.5. The molecule has 2 aromatic carbocycles. The van der Waals surface area contributed by atoms with E-state index in [4.69, 9.17) is 32.7 Å². The van der Waals surface area contributed by atoms with Crippen LogP contribution in [-0.4, -0.2) is 25.1 Å². The number of rotatable bonds is 7. The van der Waals surface area contributed by atoms with Crippen LogP contribution in [0.25, 0.3) is 0 Å². The van der Waals surface area contributed by atoms with Crippen LogP contribution in [0, 0.1) is 5.82 Å². The van der Waals surface area contributed by atoms with Crippen LogP contribution in [0.4, 0.5) is 4.39 Å². The van der Waals surface area contributed by atoms with Crippen LogP contribution in [-0.2, 0) is 14.3 Å². The molecule has 0 bridgehead atoms. The third-order valence-electron chi connectivity index (χ3n) is 3.36. The van der Waals surface area contributed by atoms with Crippen LogP contribution >= 0.6 is 23.2 Å². The maximum Gasteiger partial charge on any atom is 0.344 e. The zero-order valence-corrected chi connectivity index (χ0v) is 15.3. The van der Waals surface area contributed by atoms with E-state index in [0.717, 1.165) is 5.56 Å². The number of carbonyl (C=O) groups excluding carboxylic acids is 2. The lowest BCUT2D eigenvalue weighted by Gasteiger charge is -2.15. The molecule has 0 aromatic heterocycles. The first-order chi connectivity index (χ1) is 12.3. The number of hydrogen-bond acceptors (Lipinski definition) is 4. The fourth-order valence-electron chi connectivity index (χ4n) is 2.01. The molecule has 0 aliphatic heterocycles. The molecule has 5 nitrogen and oxygen atoms in total. The first-order valence-electron chi connectivity index (χ1n) is 7.63. The summed E-state index contributed by atoms with van der Waals surface area (Å²) in [6.07, 6.45) is 0. The van der Waals surface area contributed by atoms with E-state index in [1.165, 1.54) is 24.3 Å². The van der Waals surface area contributed by atoms with Gasteiger partial charge in [0.2, 0.25) is 0 Å². The van der Waals surface area contributed by atoms with Crippen LogP contribution in [0.2, 0.25) is 10.0 Å². The van der Waals surface area contributed by atoms with Gasteiger partial charge in [-0.25, -0.2) is 9.18 Å². The Labute approximate surface area is 160 Å². The molecule has 138 valence electrons. The Bertz CT molecular complexity index is 783. The molecule has 0 fully saturated rings. The van der Waals surface area contributed by atoms with Gasteiger partial charge in [0.25, 0.3) is 5.91 Å². The molecule has 8 heteroatoms. The molecule has 0 spiro atoms. The van der Waals surface area contributed by atoms with Gasteiger partial charge in [0.15, 0.2) is 13.2 Å². The van der Waals surface area contributed by atoms with Gasteiger partial charge in [0.1, 0.15) is 11.6 Å². The summed E-state index contributed by atoms with van der Waals surface area (Å²) < 4.78 is 22.7. The lowest BCUT2D eigenvalue weighted by Crippen LogP contribution is -2.31. The summed E-state index contributed by atoms with van der Waals surface area (Å²) in [5.41, 5.74) is 0.763. The summed E-state index contributed by atoms with van der Waals surface area (Å²) in [5.74, 6) is -1.28. The number of ether oxygens (including phenoxy) is 2. The topological polar surface area (TPSA) is 64.6 Å². The van der Waals surface area contributed by atoms with Gasteiger partial charge >= 0.3 is 5.97 Å². The maximum atomic E-state index is 12.8. The minimum atomic E-state index is -0.716. The predicted molar refractivity (Wildman–Crippen MR) is 95.9 cm³/mol. The average Bonchev–Trinajstić information content (AvgIpc) is 2.61. The molecule has 1 atom stereocenters. The normalized spacial score (nSPS) is 11.5. The van der Waals surface area contributed by atoms with Gasteiger partial charge in [-0.3, -0.25) is 4.79 Å². The second-order valence-corrected chi connectivity index (χ2v) is 6.18. The Hall–Kier alpha value is -2.31. The minimum Gasteiger partial charge on any atom is -0.482 e. The molecule has 0 aliphatic carbocycles. The van der Waals surface area contributed by atoms with Gasteiger partial charge in [-0.1, -0.05) is 29.3 Å². The molecule has 0 saturated heterocycles. The van der Waals surface area contributed by atoms with Crippen molar-refractivity contribution in [1.29, 1.82) is 0 Å². The van der Waals surface area contributed by atoms with Crippen molar-refractivity contribution < 1.29 is 23.5 Å². The third kappa shape index (κ3) is 6.20. The molecule has 0 saturated carbocycles. The van der Waals surface area contributed by atoms with Crippen LogP contribution in [0.1, 0.15) is 18.5 Å². The van der Waals surface area contributed by atoms with E-state index in [9.17, 15) is 14.0 Å². The number of amides is 1. The number of benzene rings is 2. The molecule has 2 rings (SSSR count). The molecule has 2 aromatic rings. The summed E-state index contributed by atoms with van der Waals surface area (Å²) in [4.78, 5) is 23.5. The van der Waals surface area contributed by atoms with Gasteiger partial charge in [0, 0.05) is 0 Å². The standard InChI is InChI=1S/C18H16Cl2FNO4/c1-11(12-2-7-15(19)16(20)8-12)22-17(23)9-26-18(24)10-25-14-5-3-13(21)4-6-14/h2-8,11H,9-10H2,1H3,(H,22,23)/t11-/m1/s1. The first-order valence-corrected chi connectivity index (χ1v) is 8.39. The Morgan fingerprint density at radius 1 is 1.08 bits per heavy atom. The fourth-order valence-corrected chi connectivity index (χ4v) is 2.32. The van der Waals surface area contributed by atoms with E-state index in [0.29, 0.717) is 15.8 Å². The van der Waals surface area contributed by atoms with Crippen molar-refractivity contribution in [2.45, 2.75) is 13.0 Å². The van der Waals surface area contributed by atoms with E-state index in [1.54, 1.807) is 25.1 Å². The lowest BCUT2D eigenvalue weighted by atomic mass is 10.1. The van der Waals surface area contributed by atoms with Crippen molar-refractivity contribution in [3.05, 3.63) is 63.9 Å². The average molecular weight is 400 g/mol. The number of carbonyl (C=O) groups is 2. The predicted octanol–water partition coefficient (Wildman–Crippen LogP) is 3.93. The highest BCUT2D eigenvalue weighted by Gasteiger charge is 2.13. The largest absolute Gasteiger partial charge is 0.482 e. The van der Waals surface area contributed by atoms with Crippen LogP contribution in [0.15, 0.2) is 42.5 Å². The van der Waals surface area contributed by atoms with Crippen molar-refractivity contribution >= 4 is 35.1 Å². The SMILES string of the molecule is C[C@@H](NC(=O)COC(=O)COc1ccc(F)cc1)c1ccc(Cl)c(Cl)c1. The minimum absolute atomic E-state index is 0.320. The van der Waals surface area contributed by atoms with Crippen LogP contribution in [0.5, 0.6) is 5.75 Å². The zero-order valence-electron chi connectivity index (χ0n) is 13.8. The van der Waals surface area contributed by atoms with Gasteiger partial charge in [-0.2, -0.15) is 0 Å². The number of halogens is 3. The zero-order chi connectivity index (χ0) is 19.1. The summed E-state index contributed by atoms with van der Waals surface area (Å²) >= 11 is 11.8. The van der Waals surface area contributed by atoms with E-state index >= 15 is 0 Å². The van der Waals surface area contributed by atoms with Crippen molar-refractivity contribution in [3.63, 3.8) is 0 Å². The fraction of sp³-hybridized carbons (Fsp3) is 0.222. The second-order valence-electron chi connectivity index (χ2n) is 5.37. The van der Waals surface area contributed by atoms with Crippen molar-refractivity contribution in [2.24, 2.45) is 0 Å². The molecule has 0 heterocycles. The van der Waals surface area contributed by atoms with E-state index in [2.05, 4.69) is 5.32 Å². The molecule has 0 aliphatic rings. The van der Waals surface area contributed by atoms with Crippen LogP contribution in [0.3, 0.4) is 0 Å². The molecule has 0 radical (unpaired) electrons. The Balaban J connectivity index is 1.74. The van der Waals surface area contributed by atoms with Crippen LogP contribution < -0.4 is 10.1 Å². The molecular weight excluding hydrogens is 384 g/mol. The number of nitrogens with one attached hydrogen (secondary N) is 1. The molecule has 1 amide bonds. The quantitative estimate of drug-likeness (QED) is 0.716. The van der Waals surface area contributed by atoms with Gasteiger partial charge in [0.05, 0.1) is 16.1 Å². The van der Waals surface area contributed by atoms with E-state index in [-0.39, 0.29) is 12.6 Å². The Kier molecular flexibility index (Phi) is 7.24. The maximum absolute atomic E-state index is 12.8. The number of esters is 1. The first kappa shape index (κ1) is 20.0. The van der Waals surface area contributed by atoms with Crippen molar-refractivity contribution in [1.82, 2.24) is 5.32 Å². The van der Waals surface area contributed by atoms with Crippen molar-refractivity contribution in [2.75, 3.05) is 13.2 Å². The Morgan fingerprint density at radius 2 is 1.77 bits per heavy atom. The van der Waals surface area contributed by atoms with E-state index in [1.807, 2.05) is 0 Å². The monoisotopic (exact) mass is 399 g/mol. The van der Waals surface area contributed by atoms with Crippen molar-refractivity contribution in [3.8, 4) is 5.75 Å². The second kappa shape index (κ2) is 9.40. The van der Waals surface area contributed by atoms with Gasteiger partial charge < -0.3 is 14.8 Å². The Morgan fingerprint density at radius 3 is 2.42 bits per heavy atom. The smallest absolute Gasteiger partial charge is 0.344 e. The summed E-state index contributed by atoms with van der Waals surface area (Å²) in [6, 6.07) is 9.86. The highest BCUT2D eigenvalue weighted by Crippen LogP contribution is 2.25. The van der Waals surface area contributed by atoms with E-state index < -0.39 is 24.3 Å². The van der Waals surface area contributed by atoms with Gasteiger partial charge in [-0.05, 0) is 48.9 Å². The highest BCUT2D eigenvalue weighted by molar-refractivity contribution is 6.42. The summed E-state index contributed by atoms with van der Waals surface area (Å²) in [5, 5.41) is 3.48. The molecule has 1 N–H and O–H groups in total. The third-order valence-corrected chi connectivity index (χ3v) is 4.09. The molecular formula is C18H16Cl2FNO4. The summed E-state index contributed by atoms with van der Waals surface area (Å²) in [7, 11) is 0. The van der Waals surface area contributed by atoms with Gasteiger partial charge in [-0.15, -0.1) is 0 Å².